The molecule has 0 saturated carbocycles. The summed E-state index contributed by atoms with van der Waals surface area (Å²) in [5.41, 5.74) is 0.790. The molecule has 1 amide bonds. The second-order valence-electron chi connectivity index (χ2n) is 3.66. The fourth-order valence-electron chi connectivity index (χ4n) is 1.25. The van der Waals surface area contributed by atoms with Crippen LogP contribution in [0.2, 0.25) is 0 Å². The Hall–Kier alpha value is -0.910. The predicted molar refractivity (Wildman–Crippen MR) is 72.1 cm³/mol. The van der Waals surface area contributed by atoms with Crippen molar-refractivity contribution in [3.05, 3.63) is 28.7 Å². The molecule has 1 rings (SSSR count). The molecular formula is C12H17BrN2O2. The van der Waals surface area contributed by atoms with Crippen LogP contribution in [-0.2, 0) is 9.53 Å². The van der Waals surface area contributed by atoms with Crippen LogP contribution in [-0.4, -0.2) is 32.2 Å². The number of amides is 1. The highest BCUT2D eigenvalue weighted by Gasteiger charge is 2.11. The Labute approximate surface area is 110 Å². The van der Waals surface area contributed by atoms with E-state index in [2.05, 4.69) is 26.6 Å². The highest BCUT2D eigenvalue weighted by molar-refractivity contribution is 9.10. The quantitative estimate of drug-likeness (QED) is 0.790. The summed E-state index contributed by atoms with van der Waals surface area (Å²) in [6, 6.07) is 7.24. The molecule has 1 atom stereocenters. The van der Waals surface area contributed by atoms with Crippen molar-refractivity contribution in [1.82, 2.24) is 5.32 Å². The molecule has 17 heavy (non-hydrogen) atoms. The minimum Gasteiger partial charge on any atom is -0.383 e. The van der Waals surface area contributed by atoms with Crippen molar-refractivity contribution in [3.63, 3.8) is 0 Å². The second-order valence-corrected chi connectivity index (χ2v) is 4.58. The van der Waals surface area contributed by atoms with E-state index < -0.39 is 0 Å². The highest BCUT2D eigenvalue weighted by atomic mass is 79.9. The maximum atomic E-state index is 11.8. The molecular weight excluding hydrogens is 284 g/mol. The Morgan fingerprint density at radius 3 is 2.65 bits per heavy atom. The van der Waals surface area contributed by atoms with Crippen LogP contribution in [0.15, 0.2) is 28.7 Å². The smallest absolute Gasteiger partial charge is 0.241 e. The first-order chi connectivity index (χ1) is 8.13. The summed E-state index contributed by atoms with van der Waals surface area (Å²) >= 11 is 3.34. The molecule has 2 N–H and O–H groups in total. The van der Waals surface area contributed by atoms with Crippen molar-refractivity contribution in [2.24, 2.45) is 0 Å². The number of hydrogen-bond donors (Lipinski definition) is 2. The first-order valence-corrected chi connectivity index (χ1v) is 6.21. The van der Waals surface area contributed by atoms with Gasteiger partial charge in [-0.1, -0.05) is 15.9 Å². The third-order valence-electron chi connectivity index (χ3n) is 2.26. The minimum atomic E-state index is -0.242. The highest BCUT2D eigenvalue weighted by Crippen LogP contribution is 2.14. The number of ether oxygens (including phenoxy) is 1. The molecule has 0 aliphatic heterocycles. The van der Waals surface area contributed by atoms with E-state index in [9.17, 15) is 4.79 Å². The number of carbonyl (C=O) groups excluding carboxylic acids is 1. The van der Waals surface area contributed by atoms with Crippen molar-refractivity contribution >= 4 is 27.5 Å². The van der Waals surface area contributed by atoms with Crippen LogP contribution >= 0.6 is 15.9 Å². The predicted octanol–water partition coefficient (Wildman–Crippen LogP) is 2.01. The van der Waals surface area contributed by atoms with Gasteiger partial charge in [0.15, 0.2) is 0 Å². The minimum absolute atomic E-state index is 0.0524. The van der Waals surface area contributed by atoms with Crippen LogP contribution in [0.25, 0.3) is 0 Å². The topological polar surface area (TPSA) is 50.4 Å². The molecule has 0 fully saturated rings. The lowest BCUT2D eigenvalue weighted by Crippen LogP contribution is -2.39. The Morgan fingerprint density at radius 1 is 1.41 bits per heavy atom. The van der Waals surface area contributed by atoms with Gasteiger partial charge in [-0.3, -0.25) is 4.79 Å². The van der Waals surface area contributed by atoms with Crippen LogP contribution < -0.4 is 10.6 Å². The van der Waals surface area contributed by atoms with E-state index in [1.165, 1.54) is 0 Å². The number of halogens is 1. The second kappa shape index (κ2) is 7.42. The summed E-state index contributed by atoms with van der Waals surface area (Å²) in [4.78, 5) is 11.8. The molecule has 0 radical (unpaired) electrons. The van der Waals surface area contributed by atoms with Gasteiger partial charge >= 0.3 is 0 Å². The molecule has 0 spiro atoms. The van der Waals surface area contributed by atoms with E-state index in [0.717, 1.165) is 10.2 Å². The summed E-state index contributed by atoms with van der Waals surface area (Å²) < 4.78 is 5.89. The molecule has 94 valence electrons. The standard InChI is InChI=1S/C12H17BrN2O2/c1-9(14-7-8-17-2)12(16)15-11-5-3-10(13)4-6-11/h3-6,9,14H,7-8H2,1-2H3,(H,15,16)/t9-/m0/s1. The lowest BCUT2D eigenvalue weighted by atomic mass is 10.2. The molecule has 1 aromatic carbocycles. The van der Waals surface area contributed by atoms with E-state index in [1.54, 1.807) is 7.11 Å². The fourth-order valence-corrected chi connectivity index (χ4v) is 1.52. The molecule has 0 unspecified atom stereocenters. The number of methoxy groups -OCH3 is 1. The number of carbonyl (C=O) groups is 1. The van der Waals surface area contributed by atoms with Crippen LogP contribution in [0.5, 0.6) is 0 Å². The van der Waals surface area contributed by atoms with Gasteiger partial charge in [-0.05, 0) is 31.2 Å². The molecule has 0 bridgehead atoms. The summed E-state index contributed by atoms with van der Waals surface area (Å²) in [5.74, 6) is -0.0524. The summed E-state index contributed by atoms with van der Waals surface area (Å²) in [6.45, 7) is 3.07. The normalized spacial score (nSPS) is 12.2. The van der Waals surface area contributed by atoms with E-state index in [1.807, 2.05) is 31.2 Å². The molecule has 0 aromatic heterocycles. The Bertz CT molecular complexity index is 354. The maximum absolute atomic E-state index is 11.8. The van der Waals surface area contributed by atoms with Crippen molar-refractivity contribution < 1.29 is 9.53 Å². The summed E-state index contributed by atoms with van der Waals surface area (Å²) in [5, 5.41) is 5.90. The van der Waals surface area contributed by atoms with Crippen LogP contribution in [0.3, 0.4) is 0 Å². The van der Waals surface area contributed by atoms with Gasteiger partial charge in [-0.25, -0.2) is 0 Å². The zero-order valence-corrected chi connectivity index (χ0v) is 11.6. The van der Waals surface area contributed by atoms with Crippen molar-refractivity contribution in [2.75, 3.05) is 25.6 Å². The molecule has 0 aliphatic rings. The number of rotatable bonds is 6. The first kappa shape index (κ1) is 14.2. The van der Waals surface area contributed by atoms with Crippen LogP contribution in [0, 0.1) is 0 Å². The van der Waals surface area contributed by atoms with E-state index in [-0.39, 0.29) is 11.9 Å². The van der Waals surface area contributed by atoms with Crippen molar-refractivity contribution in [2.45, 2.75) is 13.0 Å². The van der Waals surface area contributed by atoms with Gasteiger partial charge in [0.05, 0.1) is 12.6 Å². The number of nitrogens with one attached hydrogen (secondary N) is 2. The Morgan fingerprint density at radius 2 is 2.06 bits per heavy atom. The van der Waals surface area contributed by atoms with Crippen molar-refractivity contribution in [1.29, 1.82) is 0 Å². The molecule has 0 heterocycles. The monoisotopic (exact) mass is 300 g/mol. The van der Waals surface area contributed by atoms with Gasteiger partial charge < -0.3 is 15.4 Å². The lowest BCUT2D eigenvalue weighted by molar-refractivity contribution is -0.117. The fraction of sp³-hybridized carbons (Fsp3) is 0.417. The number of hydrogen-bond acceptors (Lipinski definition) is 3. The molecule has 0 saturated heterocycles. The third kappa shape index (κ3) is 5.30. The SMILES string of the molecule is COCCN[C@@H](C)C(=O)Nc1ccc(Br)cc1. The van der Waals surface area contributed by atoms with E-state index in [4.69, 9.17) is 4.74 Å². The van der Waals surface area contributed by atoms with Crippen molar-refractivity contribution in [3.8, 4) is 0 Å². The zero-order chi connectivity index (χ0) is 12.7. The van der Waals surface area contributed by atoms with Gasteiger partial charge in [0.25, 0.3) is 0 Å². The van der Waals surface area contributed by atoms with Gasteiger partial charge in [0, 0.05) is 23.8 Å². The summed E-state index contributed by atoms with van der Waals surface area (Å²) in [7, 11) is 1.63. The average Bonchev–Trinajstić information content (AvgIpc) is 2.32. The Balaban J connectivity index is 2.40. The van der Waals surface area contributed by atoms with Gasteiger partial charge in [0.2, 0.25) is 5.91 Å². The van der Waals surface area contributed by atoms with Gasteiger partial charge in [-0.15, -0.1) is 0 Å². The Kier molecular flexibility index (Phi) is 6.18. The van der Waals surface area contributed by atoms with Crippen LogP contribution in [0.4, 0.5) is 5.69 Å². The van der Waals surface area contributed by atoms with Gasteiger partial charge in [-0.2, -0.15) is 0 Å². The zero-order valence-electron chi connectivity index (χ0n) is 10.00. The number of anilines is 1. The molecule has 0 aliphatic carbocycles. The maximum Gasteiger partial charge on any atom is 0.241 e. The third-order valence-corrected chi connectivity index (χ3v) is 2.79. The largest absolute Gasteiger partial charge is 0.383 e. The molecule has 4 nitrogen and oxygen atoms in total. The van der Waals surface area contributed by atoms with Gasteiger partial charge in [0.1, 0.15) is 0 Å². The lowest BCUT2D eigenvalue weighted by Gasteiger charge is -2.13. The summed E-state index contributed by atoms with van der Waals surface area (Å²) in [6.07, 6.45) is 0. The number of benzene rings is 1. The van der Waals surface area contributed by atoms with E-state index in [0.29, 0.717) is 13.2 Å². The van der Waals surface area contributed by atoms with Crippen LogP contribution in [0.1, 0.15) is 6.92 Å². The van der Waals surface area contributed by atoms with E-state index >= 15 is 0 Å². The first-order valence-electron chi connectivity index (χ1n) is 5.42. The average molecular weight is 301 g/mol. The molecule has 5 heteroatoms. The molecule has 1 aromatic rings.